The summed E-state index contributed by atoms with van der Waals surface area (Å²) in [5.74, 6) is -0.752. The van der Waals surface area contributed by atoms with Crippen molar-refractivity contribution in [1.82, 2.24) is 4.31 Å². The third kappa shape index (κ3) is 3.97. The number of morpholine rings is 1. The first kappa shape index (κ1) is 19.4. The summed E-state index contributed by atoms with van der Waals surface area (Å²) in [6, 6.07) is 8.51. The molecule has 1 atom stereocenters. The number of benzene rings is 2. The summed E-state index contributed by atoms with van der Waals surface area (Å²) in [6.07, 6.45) is -0.516. The zero-order valence-electron chi connectivity index (χ0n) is 13.8. The van der Waals surface area contributed by atoms with Gasteiger partial charge in [-0.1, -0.05) is 23.2 Å². The first-order valence-electron chi connectivity index (χ1n) is 7.72. The van der Waals surface area contributed by atoms with Crippen molar-refractivity contribution in [3.05, 3.63) is 57.8 Å². The van der Waals surface area contributed by atoms with Crippen LogP contribution in [0.2, 0.25) is 10.0 Å². The van der Waals surface area contributed by atoms with Gasteiger partial charge in [-0.05, 0) is 42.0 Å². The lowest BCUT2D eigenvalue weighted by molar-refractivity contribution is -0.00255. The third-order valence-corrected chi connectivity index (χ3v) is 6.34. The van der Waals surface area contributed by atoms with E-state index in [0.29, 0.717) is 15.6 Å². The number of hydrogen-bond donors (Lipinski definition) is 0. The number of methoxy groups -OCH3 is 1. The monoisotopic (exact) mass is 419 g/mol. The Hall–Kier alpha value is -1.38. The van der Waals surface area contributed by atoms with E-state index in [1.165, 1.54) is 23.5 Å². The number of ether oxygens (including phenoxy) is 2. The van der Waals surface area contributed by atoms with Crippen LogP contribution in [0.25, 0.3) is 0 Å². The van der Waals surface area contributed by atoms with E-state index in [0.717, 1.165) is 6.07 Å². The Bertz CT molecular complexity index is 903. The molecule has 1 heterocycles. The van der Waals surface area contributed by atoms with Crippen LogP contribution in [0.15, 0.2) is 41.3 Å². The topological polar surface area (TPSA) is 55.8 Å². The van der Waals surface area contributed by atoms with Crippen LogP contribution in [0.5, 0.6) is 5.75 Å². The van der Waals surface area contributed by atoms with Gasteiger partial charge in [-0.15, -0.1) is 0 Å². The smallest absolute Gasteiger partial charge is 0.243 e. The number of hydrogen-bond acceptors (Lipinski definition) is 4. The molecule has 1 saturated heterocycles. The Balaban J connectivity index is 1.87. The van der Waals surface area contributed by atoms with E-state index in [4.69, 9.17) is 32.7 Å². The Morgan fingerprint density at radius 1 is 1.19 bits per heavy atom. The second-order valence-corrected chi connectivity index (χ2v) is 8.53. The Morgan fingerprint density at radius 3 is 2.50 bits per heavy atom. The van der Waals surface area contributed by atoms with Crippen molar-refractivity contribution in [2.24, 2.45) is 0 Å². The van der Waals surface area contributed by atoms with Crippen molar-refractivity contribution < 1.29 is 22.3 Å². The highest BCUT2D eigenvalue weighted by Crippen LogP contribution is 2.31. The highest BCUT2D eigenvalue weighted by Gasteiger charge is 2.32. The van der Waals surface area contributed by atoms with Gasteiger partial charge in [0.05, 0.1) is 24.7 Å². The minimum absolute atomic E-state index is 0.0163. The van der Waals surface area contributed by atoms with Crippen molar-refractivity contribution >= 4 is 33.2 Å². The molecule has 1 aliphatic heterocycles. The van der Waals surface area contributed by atoms with E-state index in [2.05, 4.69) is 0 Å². The molecular weight excluding hydrogens is 404 g/mol. The predicted octanol–water partition coefficient (Wildman–Crippen LogP) is 3.90. The lowest BCUT2D eigenvalue weighted by atomic mass is 10.1. The third-order valence-electron chi connectivity index (χ3n) is 4.05. The molecule has 1 unspecified atom stereocenters. The van der Waals surface area contributed by atoms with Crippen LogP contribution in [0.3, 0.4) is 0 Å². The predicted molar refractivity (Wildman–Crippen MR) is 96.9 cm³/mol. The summed E-state index contributed by atoms with van der Waals surface area (Å²) < 4.78 is 51.4. The fraction of sp³-hybridized carbons (Fsp3) is 0.294. The molecule has 0 N–H and O–H groups in total. The number of halogens is 3. The van der Waals surface area contributed by atoms with E-state index >= 15 is 0 Å². The fourth-order valence-corrected chi connectivity index (χ4v) is 4.74. The summed E-state index contributed by atoms with van der Waals surface area (Å²) in [7, 11) is -2.56. The Labute approximate surface area is 161 Å². The largest absolute Gasteiger partial charge is 0.494 e. The molecule has 0 aliphatic carbocycles. The van der Waals surface area contributed by atoms with Crippen LogP contribution < -0.4 is 4.74 Å². The quantitative estimate of drug-likeness (QED) is 0.753. The first-order chi connectivity index (χ1) is 12.3. The molecule has 0 spiro atoms. The molecular formula is C17H16Cl2FNO4S. The van der Waals surface area contributed by atoms with Crippen LogP contribution >= 0.6 is 23.2 Å². The summed E-state index contributed by atoms with van der Waals surface area (Å²) in [5, 5.41) is 0.876. The zero-order chi connectivity index (χ0) is 18.9. The van der Waals surface area contributed by atoms with Crippen LogP contribution in [-0.4, -0.2) is 39.5 Å². The van der Waals surface area contributed by atoms with E-state index in [1.807, 2.05) is 0 Å². The molecule has 9 heteroatoms. The average Bonchev–Trinajstić information content (AvgIpc) is 2.61. The molecule has 2 aromatic rings. The number of sulfonamides is 1. The van der Waals surface area contributed by atoms with Crippen molar-refractivity contribution in [3.8, 4) is 5.75 Å². The van der Waals surface area contributed by atoms with Crippen molar-refractivity contribution in [1.29, 1.82) is 0 Å². The van der Waals surface area contributed by atoms with Gasteiger partial charge in [-0.25, -0.2) is 12.8 Å². The number of rotatable bonds is 4. The van der Waals surface area contributed by atoms with Crippen molar-refractivity contribution in [2.75, 3.05) is 26.8 Å². The van der Waals surface area contributed by atoms with Gasteiger partial charge in [0, 0.05) is 23.1 Å². The minimum Gasteiger partial charge on any atom is -0.494 e. The van der Waals surface area contributed by atoms with Crippen LogP contribution in [0.4, 0.5) is 4.39 Å². The molecule has 26 heavy (non-hydrogen) atoms. The second kappa shape index (κ2) is 7.70. The maximum Gasteiger partial charge on any atom is 0.243 e. The molecule has 1 fully saturated rings. The molecule has 1 aliphatic rings. The van der Waals surface area contributed by atoms with Gasteiger partial charge < -0.3 is 9.47 Å². The standard InChI is InChI=1S/C17H16Cl2FNO4S/c1-24-16-3-2-14(9-15(16)20)26(22,23)21-4-5-25-17(10-21)11-6-12(18)8-13(19)7-11/h2-3,6-9,17H,4-5,10H2,1H3. The molecule has 140 valence electrons. The summed E-state index contributed by atoms with van der Waals surface area (Å²) in [4.78, 5) is -0.138. The summed E-state index contributed by atoms with van der Waals surface area (Å²) in [6.45, 7) is 0.445. The lowest BCUT2D eigenvalue weighted by Gasteiger charge is -2.32. The molecule has 5 nitrogen and oxygen atoms in total. The summed E-state index contributed by atoms with van der Waals surface area (Å²) in [5.41, 5.74) is 0.684. The molecule has 0 aromatic heterocycles. The molecule has 0 bridgehead atoms. The van der Waals surface area contributed by atoms with Crippen LogP contribution in [-0.2, 0) is 14.8 Å². The van der Waals surface area contributed by atoms with Gasteiger partial charge in [0.25, 0.3) is 0 Å². The second-order valence-electron chi connectivity index (χ2n) is 5.72. The van der Waals surface area contributed by atoms with Gasteiger partial charge >= 0.3 is 0 Å². The average molecular weight is 420 g/mol. The van der Waals surface area contributed by atoms with Gasteiger partial charge in [0.2, 0.25) is 10.0 Å². The Morgan fingerprint density at radius 2 is 1.88 bits per heavy atom. The highest BCUT2D eigenvalue weighted by atomic mass is 35.5. The Kier molecular flexibility index (Phi) is 5.74. The van der Waals surface area contributed by atoms with E-state index in [1.54, 1.807) is 18.2 Å². The highest BCUT2D eigenvalue weighted by molar-refractivity contribution is 7.89. The van der Waals surface area contributed by atoms with Crippen LogP contribution in [0, 0.1) is 5.82 Å². The van der Waals surface area contributed by atoms with Crippen LogP contribution in [0.1, 0.15) is 11.7 Å². The van der Waals surface area contributed by atoms with Gasteiger partial charge in [0.1, 0.15) is 0 Å². The van der Waals surface area contributed by atoms with Gasteiger partial charge in [-0.2, -0.15) is 4.31 Å². The first-order valence-corrected chi connectivity index (χ1v) is 9.92. The fourth-order valence-electron chi connectivity index (χ4n) is 2.76. The van der Waals surface area contributed by atoms with Gasteiger partial charge in [-0.3, -0.25) is 0 Å². The molecule has 0 radical (unpaired) electrons. The maximum absolute atomic E-state index is 13.9. The van der Waals surface area contributed by atoms with Gasteiger partial charge in [0.15, 0.2) is 11.6 Å². The van der Waals surface area contributed by atoms with E-state index in [9.17, 15) is 12.8 Å². The lowest BCUT2D eigenvalue weighted by Crippen LogP contribution is -2.42. The minimum atomic E-state index is -3.88. The maximum atomic E-state index is 13.9. The zero-order valence-corrected chi connectivity index (χ0v) is 16.1. The van der Waals surface area contributed by atoms with E-state index < -0.39 is 21.9 Å². The normalized spacial score (nSPS) is 18.7. The van der Waals surface area contributed by atoms with Crippen molar-refractivity contribution in [2.45, 2.75) is 11.0 Å². The molecule has 2 aromatic carbocycles. The molecule has 0 saturated carbocycles. The summed E-state index contributed by atoms with van der Waals surface area (Å²) >= 11 is 12.0. The number of nitrogens with zero attached hydrogens (tertiary/aromatic N) is 1. The molecule has 0 amide bonds. The van der Waals surface area contributed by atoms with E-state index in [-0.39, 0.29) is 30.3 Å². The SMILES string of the molecule is COc1ccc(S(=O)(=O)N2CCOC(c3cc(Cl)cc(Cl)c3)C2)cc1F. The molecule has 3 rings (SSSR count). The van der Waals surface area contributed by atoms with Crippen molar-refractivity contribution in [3.63, 3.8) is 0 Å².